The van der Waals surface area contributed by atoms with Gasteiger partial charge < -0.3 is 14.4 Å². The van der Waals surface area contributed by atoms with E-state index in [0.29, 0.717) is 49.4 Å². The molecule has 28 heavy (non-hydrogen) atoms. The molecule has 1 fully saturated rings. The quantitative estimate of drug-likeness (QED) is 0.725. The van der Waals surface area contributed by atoms with Gasteiger partial charge in [-0.1, -0.05) is 12.1 Å². The zero-order valence-corrected chi connectivity index (χ0v) is 15.9. The molecule has 0 aliphatic carbocycles. The summed E-state index contributed by atoms with van der Waals surface area (Å²) in [6.07, 6.45) is 1.23. The first-order valence-electron chi connectivity index (χ1n) is 9.24. The number of hydrogen-bond acceptors (Lipinski definition) is 8. The molecule has 0 spiro atoms. The fourth-order valence-electron chi connectivity index (χ4n) is 3.36. The summed E-state index contributed by atoms with van der Waals surface area (Å²) in [5.74, 6) is -1.69. The van der Waals surface area contributed by atoms with E-state index in [1.165, 1.54) is 7.11 Å². The van der Waals surface area contributed by atoms with Crippen molar-refractivity contribution in [1.29, 1.82) is 5.26 Å². The van der Waals surface area contributed by atoms with E-state index in [2.05, 4.69) is 9.97 Å². The van der Waals surface area contributed by atoms with E-state index in [-0.39, 0.29) is 17.6 Å². The number of nitriles is 1. The number of fused-ring (bicyclic) bond motifs is 1. The van der Waals surface area contributed by atoms with Gasteiger partial charge in [0.25, 0.3) is 0 Å². The fraction of sp³-hybridized carbons (Fsp3) is 0.450. The van der Waals surface area contributed by atoms with Crippen LogP contribution in [0.2, 0.25) is 0 Å². The van der Waals surface area contributed by atoms with Crippen LogP contribution in [0.25, 0.3) is 11.0 Å². The maximum absolute atomic E-state index is 12.1. The van der Waals surface area contributed by atoms with Crippen LogP contribution >= 0.6 is 0 Å². The Morgan fingerprint density at radius 1 is 1.25 bits per heavy atom. The Hall–Kier alpha value is -3.21. The van der Waals surface area contributed by atoms with Gasteiger partial charge in [0.1, 0.15) is 5.69 Å². The summed E-state index contributed by atoms with van der Waals surface area (Å²) in [6.45, 7) is 3.27. The molecule has 2 aromatic rings. The van der Waals surface area contributed by atoms with Crippen LogP contribution in [0.5, 0.6) is 0 Å². The minimum Gasteiger partial charge on any atom is -0.468 e. The predicted molar refractivity (Wildman–Crippen MR) is 101 cm³/mol. The van der Waals surface area contributed by atoms with Crippen molar-refractivity contribution in [2.75, 3.05) is 31.7 Å². The minimum absolute atomic E-state index is 0.152. The highest BCUT2D eigenvalue weighted by Crippen LogP contribution is 2.31. The van der Waals surface area contributed by atoms with Gasteiger partial charge in [-0.15, -0.1) is 0 Å². The first kappa shape index (κ1) is 19.5. The molecule has 3 rings (SSSR count). The van der Waals surface area contributed by atoms with Gasteiger partial charge in [0.05, 0.1) is 36.7 Å². The molecular formula is C20H22N4O4. The summed E-state index contributed by atoms with van der Waals surface area (Å²) >= 11 is 0. The summed E-state index contributed by atoms with van der Waals surface area (Å²) in [5, 5.41) is 9.55. The molecule has 1 aromatic heterocycles. The molecule has 0 N–H and O–H groups in total. The second kappa shape index (κ2) is 8.65. The summed E-state index contributed by atoms with van der Waals surface area (Å²) in [5.41, 5.74) is 1.56. The standard InChI is InChI=1S/C20H22N4O4/c1-3-28-19(25)13-8-10-24(11-9-13)18-17(14(12-21)20(26)27-2)22-15-6-4-5-7-16(15)23-18/h4-7,13-14H,3,8-11H2,1-2H3. The third-order valence-corrected chi connectivity index (χ3v) is 4.83. The number of carbonyl (C=O) groups is 2. The molecule has 1 unspecified atom stereocenters. The van der Waals surface area contributed by atoms with Gasteiger partial charge in [0, 0.05) is 13.1 Å². The molecule has 1 atom stereocenters. The Labute approximate surface area is 163 Å². The first-order valence-corrected chi connectivity index (χ1v) is 9.24. The third-order valence-electron chi connectivity index (χ3n) is 4.83. The number of carbonyl (C=O) groups excluding carboxylic acids is 2. The van der Waals surface area contributed by atoms with Crippen LogP contribution in [0.3, 0.4) is 0 Å². The number of benzene rings is 1. The molecule has 0 bridgehead atoms. The van der Waals surface area contributed by atoms with Crippen LogP contribution in [0.4, 0.5) is 5.82 Å². The van der Waals surface area contributed by atoms with Crippen molar-refractivity contribution in [3.05, 3.63) is 30.0 Å². The van der Waals surface area contributed by atoms with Crippen molar-refractivity contribution in [3.63, 3.8) is 0 Å². The van der Waals surface area contributed by atoms with E-state index in [0.717, 1.165) is 0 Å². The minimum atomic E-state index is -1.17. The first-order chi connectivity index (χ1) is 13.6. The van der Waals surface area contributed by atoms with E-state index < -0.39 is 11.9 Å². The van der Waals surface area contributed by atoms with Crippen LogP contribution in [0.1, 0.15) is 31.4 Å². The zero-order chi connectivity index (χ0) is 20.1. The molecular weight excluding hydrogens is 360 g/mol. The molecule has 0 radical (unpaired) electrons. The number of anilines is 1. The van der Waals surface area contributed by atoms with E-state index in [4.69, 9.17) is 9.47 Å². The Kier molecular flexibility index (Phi) is 6.04. The number of esters is 2. The van der Waals surface area contributed by atoms with E-state index in [1.54, 1.807) is 13.0 Å². The lowest BCUT2D eigenvalue weighted by Gasteiger charge is -2.33. The molecule has 0 saturated carbocycles. The topological polar surface area (TPSA) is 105 Å². The smallest absolute Gasteiger partial charge is 0.329 e. The highest BCUT2D eigenvalue weighted by Gasteiger charge is 2.32. The average molecular weight is 382 g/mol. The molecule has 8 heteroatoms. The molecule has 1 aromatic carbocycles. The van der Waals surface area contributed by atoms with Crippen LogP contribution in [-0.2, 0) is 19.1 Å². The SMILES string of the molecule is CCOC(=O)C1CCN(c2nc3ccccc3nc2C(C#N)C(=O)OC)CC1. The maximum atomic E-state index is 12.1. The molecule has 1 aliphatic heterocycles. The number of rotatable bonds is 5. The van der Waals surface area contributed by atoms with E-state index in [9.17, 15) is 14.9 Å². The zero-order valence-electron chi connectivity index (χ0n) is 15.9. The largest absolute Gasteiger partial charge is 0.468 e. The molecule has 146 valence electrons. The van der Waals surface area contributed by atoms with Crippen LogP contribution in [0.15, 0.2) is 24.3 Å². The van der Waals surface area contributed by atoms with Crippen molar-refractivity contribution in [2.24, 2.45) is 5.92 Å². The van der Waals surface area contributed by atoms with Gasteiger partial charge in [-0.2, -0.15) is 5.26 Å². The summed E-state index contributed by atoms with van der Waals surface area (Å²) in [4.78, 5) is 35.3. The average Bonchev–Trinajstić information content (AvgIpc) is 2.74. The monoisotopic (exact) mass is 382 g/mol. The Balaban J connectivity index is 1.95. The molecule has 0 amide bonds. The normalized spacial score (nSPS) is 15.7. The van der Waals surface area contributed by atoms with Gasteiger partial charge in [0.2, 0.25) is 0 Å². The molecule has 2 heterocycles. The fourth-order valence-corrected chi connectivity index (χ4v) is 3.36. The third kappa shape index (κ3) is 3.88. The lowest BCUT2D eigenvalue weighted by atomic mass is 9.96. The number of para-hydroxylation sites is 2. The lowest BCUT2D eigenvalue weighted by molar-refractivity contribution is -0.148. The highest BCUT2D eigenvalue weighted by atomic mass is 16.5. The summed E-state index contributed by atoms with van der Waals surface area (Å²) in [7, 11) is 1.24. The van der Waals surface area contributed by atoms with Gasteiger partial charge >= 0.3 is 11.9 Å². The second-order valence-corrected chi connectivity index (χ2v) is 6.52. The number of ether oxygens (including phenoxy) is 2. The Bertz CT molecular complexity index is 916. The van der Waals surface area contributed by atoms with Crippen molar-refractivity contribution < 1.29 is 19.1 Å². The van der Waals surface area contributed by atoms with Crippen molar-refractivity contribution in [3.8, 4) is 6.07 Å². The van der Waals surface area contributed by atoms with Crippen LogP contribution < -0.4 is 4.90 Å². The number of hydrogen-bond donors (Lipinski definition) is 0. The Morgan fingerprint density at radius 3 is 2.46 bits per heavy atom. The van der Waals surface area contributed by atoms with Crippen LogP contribution in [0, 0.1) is 17.2 Å². The number of aromatic nitrogens is 2. The maximum Gasteiger partial charge on any atom is 0.329 e. The lowest BCUT2D eigenvalue weighted by Crippen LogP contribution is -2.38. The summed E-state index contributed by atoms with van der Waals surface area (Å²) in [6, 6.07) is 9.28. The Morgan fingerprint density at radius 2 is 1.89 bits per heavy atom. The van der Waals surface area contributed by atoms with Crippen molar-refractivity contribution >= 4 is 28.8 Å². The predicted octanol–water partition coefficient (Wildman–Crippen LogP) is 2.19. The van der Waals surface area contributed by atoms with E-state index in [1.807, 2.05) is 29.2 Å². The number of nitrogens with zero attached hydrogens (tertiary/aromatic N) is 4. The second-order valence-electron chi connectivity index (χ2n) is 6.52. The van der Waals surface area contributed by atoms with Gasteiger partial charge in [-0.3, -0.25) is 9.59 Å². The van der Waals surface area contributed by atoms with Gasteiger partial charge in [0.15, 0.2) is 11.7 Å². The highest BCUT2D eigenvalue weighted by molar-refractivity contribution is 5.85. The van der Waals surface area contributed by atoms with Crippen molar-refractivity contribution in [1.82, 2.24) is 9.97 Å². The van der Waals surface area contributed by atoms with Gasteiger partial charge in [-0.05, 0) is 31.9 Å². The van der Waals surface area contributed by atoms with Crippen molar-refractivity contribution in [2.45, 2.75) is 25.7 Å². The van der Waals surface area contributed by atoms with Gasteiger partial charge in [-0.25, -0.2) is 9.97 Å². The number of piperidine rings is 1. The number of methoxy groups -OCH3 is 1. The molecule has 8 nitrogen and oxygen atoms in total. The molecule has 1 saturated heterocycles. The van der Waals surface area contributed by atoms with Crippen LogP contribution in [-0.4, -0.2) is 48.7 Å². The summed E-state index contributed by atoms with van der Waals surface area (Å²) < 4.78 is 9.89. The molecule has 1 aliphatic rings. The van der Waals surface area contributed by atoms with E-state index >= 15 is 0 Å².